The lowest BCUT2D eigenvalue weighted by molar-refractivity contribution is -0.143. The van der Waals surface area contributed by atoms with E-state index < -0.39 is 0 Å². The molecule has 0 spiro atoms. The van der Waals surface area contributed by atoms with E-state index in [9.17, 15) is 4.79 Å². The molecule has 0 saturated heterocycles. The van der Waals surface area contributed by atoms with Gasteiger partial charge in [-0.05, 0) is 19.3 Å². The molecule has 0 radical (unpaired) electrons. The number of carbonyl (C=O) groups is 1. The van der Waals surface area contributed by atoms with Crippen LogP contribution in [0.3, 0.4) is 0 Å². The predicted molar refractivity (Wildman–Crippen MR) is 46.5 cm³/mol. The molecular formula is C9H15NO2. The van der Waals surface area contributed by atoms with Crippen LogP contribution in [-0.2, 0) is 9.53 Å². The Labute approximate surface area is 72.6 Å². The molecule has 0 saturated carbocycles. The molecule has 2 atom stereocenters. The smallest absolute Gasteiger partial charge is 0.306 e. The Morgan fingerprint density at radius 1 is 1.67 bits per heavy atom. The maximum Gasteiger partial charge on any atom is 0.306 e. The molecule has 1 aliphatic rings. The number of esters is 1. The molecule has 0 aromatic heterocycles. The van der Waals surface area contributed by atoms with Crippen LogP contribution in [0.1, 0.15) is 19.8 Å². The van der Waals surface area contributed by atoms with Gasteiger partial charge in [0.2, 0.25) is 0 Å². The summed E-state index contributed by atoms with van der Waals surface area (Å²) < 4.78 is 4.83. The second-order valence-electron chi connectivity index (χ2n) is 3.05. The third-order valence-electron chi connectivity index (χ3n) is 1.94. The molecule has 12 heavy (non-hydrogen) atoms. The fourth-order valence-corrected chi connectivity index (χ4v) is 1.39. The number of hydrogen-bond acceptors (Lipinski definition) is 3. The minimum Gasteiger partial charge on any atom is -0.466 e. The van der Waals surface area contributed by atoms with Crippen LogP contribution in [0.5, 0.6) is 0 Å². The first kappa shape index (κ1) is 9.26. The van der Waals surface area contributed by atoms with Crippen LogP contribution >= 0.6 is 0 Å². The zero-order valence-corrected chi connectivity index (χ0v) is 7.32. The summed E-state index contributed by atoms with van der Waals surface area (Å²) in [6.07, 6.45) is 5.29. The van der Waals surface area contributed by atoms with E-state index in [1.165, 1.54) is 0 Å². The molecule has 0 bridgehead atoms. The van der Waals surface area contributed by atoms with Crippen molar-refractivity contribution >= 4 is 5.97 Å². The number of ether oxygens (including phenoxy) is 1. The molecule has 0 unspecified atom stereocenters. The maximum absolute atomic E-state index is 11.0. The number of hydrogen-bond donors (Lipinski definition) is 1. The minimum absolute atomic E-state index is 0.124. The SMILES string of the molecule is CCOC(=O)C[C@H]1C=C[C@@H](N)C1. The third kappa shape index (κ3) is 2.66. The highest BCUT2D eigenvalue weighted by molar-refractivity contribution is 5.70. The molecule has 68 valence electrons. The van der Waals surface area contributed by atoms with Gasteiger partial charge in [-0.3, -0.25) is 4.79 Å². The predicted octanol–water partition coefficient (Wildman–Crippen LogP) is 0.843. The lowest BCUT2D eigenvalue weighted by Crippen LogP contribution is -2.16. The van der Waals surface area contributed by atoms with E-state index in [0.717, 1.165) is 6.42 Å². The van der Waals surface area contributed by atoms with E-state index >= 15 is 0 Å². The Morgan fingerprint density at radius 3 is 2.92 bits per heavy atom. The second kappa shape index (κ2) is 4.26. The van der Waals surface area contributed by atoms with E-state index in [1.54, 1.807) is 0 Å². The standard InChI is InChI=1S/C9H15NO2/c1-2-12-9(11)6-7-3-4-8(10)5-7/h3-4,7-8H,2,5-6,10H2,1H3/t7-,8+/m0/s1. The van der Waals surface area contributed by atoms with Gasteiger partial charge < -0.3 is 10.5 Å². The first-order valence-electron chi connectivity index (χ1n) is 4.32. The van der Waals surface area contributed by atoms with Crippen LogP contribution in [0.15, 0.2) is 12.2 Å². The number of allylic oxidation sites excluding steroid dienone is 1. The van der Waals surface area contributed by atoms with Crippen LogP contribution in [0.4, 0.5) is 0 Å². The first-order valence-corrected chi connectivity index (χ1v) is 4.32. The van der Waals surface area contributed by atoms with Crippen LogP contribution in [0.25, 0.3) is 0 Å². The van der Waals surface area contributed by atoms with Crippen molar-refractivity contribution in [3.63, 3.8) is 0 Å². The summed E-state index contributed by atoms with van der Waals surface area (Å²) in [5.74, 6) is 0.167. The van der Waals surface area contributed by atoms with E-state index in [-0.39, 0.29) is 12.0 Å². The van der Waals surface area contributed by atoms with E-state index in [2.05, 4.69) is 0 Å². The van der Waals surface area contributed by atoms with Crippen LogP contribution in [0, 0.1) is 5.92 Å². The summed E-state index contributed by atoms with van der Waals surface area (Å²) >= 11 is 0. The molecule has 0 amide bonds. The number of carbonyl (C=O) groups excluding carboxylic acids is 1. The highest BCUT2D eigenvalue weighted by Gasteiger charge is 2.18. The molecular weight excluding hydrogens is 154 g/mol. The summed E-state index contributed by atoms with van der Waals surface area (Å²) in [5.41, 5.74) is 5.64. The molecule has 1 aliphatic carbocycles. The van der Waals surface area contributed by atoms with Crippen molar-refractivity contribution in [3.8, 4) is 0 Å². The van der Waals surface area contributed by atoms with E-state index in [1.807, 2.05) is 19.1 Å². The largest absolute Gasteiger partial charge is 0.466 e. The van der Waals surface area contributed by atoms with Gasteiger partial charge in [0.05, 0.1) is 13.0 Å². The summed E-state index contributed by atoms with van der Waals surface area (Å²) in [5, 5.41) is 0. The lowest BCUT2D eigenvalue weighted by Gasteiger charge is -2.07. The van der Waals surface area contributed by atoms with Gasteiger partial charge in [0, 0.05) is 6.04 Å². The van der Waals surface area contributed by atoms with Crippen molar-refractivity contribution in [2.45, 2.75) is 25.8 Å². The third-order valence-corrected chi connectivity index (χ3v) is 1.94. The highest BCUT2D eigenvalue weighted by atomic mass is 16.5. The minimum atomic E-state index is -0.124. The van der Waals surface area contributed by atoms with Crippen LogP contribution in [0.2, 0.25) is 0 Å². The van der Waals surface area contributed by atoms with Crippen molar-refractivity contribution in [2.24, 2.45) is 11.7 Å². The summed E-state index contributed by atoms with van der Waals surface area (Å²) in [4.78, 5) is 11.0. The van der Waals surface area contributed by atoms with Gasteiger partial charge in [-0.1, -0.05) is 12.2 Å². The second-order valence-corrected chi connectivity index (χ2v) is 3.05. The van der Waals surface area contributed by atoms with Gasteiger partial charge >= 0.3 is 5.97 Å². The number of nitrogens with two attached hydrogens (primary N) is 1. The van der Waals surface area contributed by atoms with Gasteiger partial charge in [0.1, 0.15) is 0 Å². The molecule has 0 aromatic rings. The lowest BCUT2D eigenvalue weighted by atomic mass is 10.0. The summed E-state index contributed by atoms with van der Waals surface area (Å²) in [6.45, 7) is 2.27. The summed E-state index contributed by atoms with van der Waals surface area (Å²) in [7, 11) is 0. The molecule has 2 N–H and O–H groups in total. The van der Waals surface area contributed by atoms with Crippen LogP contribution in [-0.4, -0.2) is 18.6 Å². The summed E-state index contributed by atoms with van der Waals surface area (Å²) in [6, 6.07) is 0.129. The quantitative estimate of drug-likeness (QED) is 0.503. The zero-order valence-electron chi connectivity index (χ0n) is 7.32. The average Bonchev–Trinajstić information content (AvgIpc) is 2.36. The molecule has 0 aliphatic heterocycles. The topological polar surface area (TPSA) is 52.3 Å². The Hall–Kier alpha value is -0.830. The molecule has 0 fully saturated rings. The fraction of sp³-hybridized carbons (Fsp3) is 0.667. The van der Waals surface area contributed by atoms with Crippen LogP contribution < -0.4 is 5.73 Å². The average molecular weight is 169 g/mol. The van der Waals surface area contributed by atoms with Crippen molar-refractivity contribution in [1.82, 2.24) is 0 Å². The monoisotopic (exact) mass is 169 g/mol. The van der Waals surface area contributed by atoms with Crippen molar-refractivity contribution in [1.29, 1.82) is 0 Å². The van der Waals surface area contributed by atoms with Crippen molar-refractivity contribution < 1.29 is 9.53 Å². The molecule has 0 aromatic carbocycles. The first-order chi connectivity index (χ1) is 5.72. The van der Waals surface area contributed by atoms with Gasteiger partial charge in [-0.2, -0.15) is 0 Å². The normalized spacial score (nSPS) is 27.5. The Kier molecular flexibility index (Phi) is 3.29. The zero-order chi connectivity index (χ0) is 8.97. The Bertz CT molecular complexity index is 189. The van der Waals surface area contributed by atoms with Gasteiger partial charge in [-0.15, -0.1) is 0 Å². The van der Waals surface area contributed by atoms with E-state index in [4.69, 9.17) is 10.5 Å². The fourth-order valence-electron chi connectivity index (χ4n) is 1.39. The van der Waals surface area contributed by atoms with Gasteiger partial charge in [-0.25, -0.2) is 0 Å². The number of rotatable bonds is 3. The Balaban J connectivity index is 2.24. The Morgan fingerprint density at radius 2 is 2.42 bits per heavy atom. The van der Waals surface area contributed by atoms with Gasteiger partial charge in [0.15, 0.2) is 0 Å². The van der Waals surface area contributed by atoms with Crippen molar-refractivity contribution in [3.05, 3.63) is 12.2 Å². The molecule has 0 heterocycles. The molecule has 3 heteroatoms. The van der Waals surface area contributed by atoms with E-state index in [0.29, 0.717) is 18.9 Å². The molecule has 1 rings (SSSR count). The highest BCUT2D eigenvalue weighted by Crippen LogP contribution is 2.19. The maximum atomic E-state index is 11.0. The van der Waals surface area contributed by atoms with Crippen molar-refractivity contribution in [2.75, 3.05) is 6.61 Å². The molecule has 3 nitrogen and oxygen atoms in total. The van der Waals surface area contributed by atoms with Gasteiger partial charge in [0.25, 0.3) is 0 Å².